The van der Waals surface area contributed by atoms with Crippen molar-refractivity contribution in [3.63, 3.8) is 0 Å². The van der Waals surface area contributed by atoms with E-state index in [0.29, 0.717) is 51.2 Å². The monoisotopic (exact) mass is 901 g/mol. The van der Waals surface area contributed by atoms with Crippen molar-refractivity contribution < 1.29 is 33.4 Å². The number of ether oxygens (including phenoxy) is 2. The Balaban J connectivity index is 1.35. The van der Waals surface area contributed by atoms with Gasteiger partial charge in [-0.1, -0.05) is 49.2 Å². The number of hydrogen-bond acceptors (Lipinski definition) is 13. The predicted octanol–water partition coefficient (Wildman–Crippen LogP) is 2.28. The zero-order valence-corrected chi connectivity index (χ0v) is 37.6. The first kappa shape index (κ1) is 48.5. The third-order valence-corrected chi connectivity index (χ3v) is 11.8. The van der Waals surface area contributed by atoms with Gasteiger partial charge in [0.1, 0.15) is 55.4 Å². The minimum Gasteiger partial charge on any atom is -0.492 e. The maximum Gasteiger partial charge on any atom is 0.255 e. The van der Waals surface area contributed by atoms with Gasteiger partial charge in [0, 0.05) is 49.4 Å². The van der Waals surface area contributed by atoms with Crippen LogP contribution in [0.2, 0.25) is 0 Å². The summed E-state index contributed by atoms with van der Waals surface area (Å²) in [5.41, 5.74) is 22.2. The number of nitrogens with zero attached hydrogens (tertiary/aromatic N) is 4. The fourth-order valence-electron chi connectivity index (χ4n) is 8.36. The van der Waals surface area contributed by atoms with Crippen LogP contribution in [0.5, 0.6) is 11.5 Å². The van der Waals surface area contributed by atoms with E-state index >= 15 is 0 Å². The summed E-state index contributed by atoms with van der Waals surface area (Å²) in [7, 11) is 1.42. The van der Waals surface area contributed by atoms with Crippen LogP contribution in [0.4, 0.5) is 0 Å². The number of benzene rings is 3. The number of nitrogens with two attached hydrogens (primary N) is 3. The second-order valence-corrected chi connectivity index (χ2v) is 16.5. The highest BCUT2D eigenvalue weighted by atomic mass is 16.5. The molecule has 66 heavy (non-hydrogen) atoms. The second kappa shape index (κ2) is 22.8. The molecule has 348 valence electrons. The van der Waals surface area contributed by atoms with Crippen LogP contribution in [0.3, 0.4) is 0 Å². The van der Waals surface area contributed by atoms with Crippen molar-refractivity contribution in [2.75, 3.05) is 46.4 Å². The van der Waals surface area contributed by atoms with E-state index in [1.165, 1.54) is 56.3 Å². The molecular formula is C48H59N11O7. The van der Waals surface area contributed by atoms with Gasteiger partial charge in [-0.05, 0) is 86.5 Å². The van der Waals surface area contributed by atoms with Crippen molar-refractivity contribution in [3.05, 3.63) is 94.8 Å². The number of aromatic nitrogens is 2. The Hall–Kier alpha value is -6.94. The van der Waals surface area contributed by atoms with Crippen LogP contribution in [-0.4, -0.2) is 109 Å². The molecule has 0 radical (unpaired) electrons. The highest BCUT2D eigenvalue weighted by molar-refractivity contribution is 6.00. The Labute approximate surface area is 384 Å². The summed E-state index contributed by atoms with van der Waals surface area (Å²) in [6, 6.07) is 15.3. The topological polar surface area (TPSA) is 283 Å². The molecule has 0 saturated heterocycles. The first-order chi connectivity index (χ1) is 31.9. The Morgan fingerprint density at radius 1 is 0.894 bits per heavy atom. The molecule has 5 amide bonds. The average Bonchev–Trinajstić information content (AvgIpc) is 3.87. The Bertz CT molecular complexity index is 2430. The molecule has 1 aliphatic heterocycles. The van der Waals surface area contributed by atoms with E-state index in [1.807, 2.05) is 18.2 Å². The van der Waals surface area contributed by atoms with Crippen molar-refractivity contribution in [3.8, 4) is 40.1 Å². The maximum atomic E-state index is 14.7. The van der Waals surface area contributed by atoms with Gasteiger partial charge in [-0.2, -0.15) is 5.26 Å². The number of nitrogens with one attached hydrogen (secondary N) is 4. The molecule has 1 fully saturated rings. The fourth-order valence-corrected chi connectivity index (χ4v) is 8.36. The van der Waals surface area contributed by atoms with Gasteiger partial charge < -0.3 is 52.8 Å². The highest BCUT2D eigenvalue weighted by Gasteiger charge is 2.36. The van der Waals surface area contributed by atoms with Gasteiger partial charge in [-0.25, -0.2) is 9.97 Å². The minimum atomic E-state index is -1.40. The fraction of sp³-hybridized carbons (Fsp3) is 0.417. The summed E-state index contributed by atoms with van der Waals surface area (Å²) in [4.78, 5) is 80.6. The van der Waals surface area contributed by atoms with Crippen LogP contribution in [0, 0.1) is 18.3 Å². The van der Waals surface area contributed by atoms with Gasteiger partial charge in [0.2, 0.25) is 23.6 Å². The standard InChI is InChI=1S/C48H59N11O7/c1-28-37(27-54-43(55-28)33-11-9-32(10-12-33)31-6-4-5-7-31)45(61)57-38(16-17-49)48(64)59(3)42-34-13-15-41(66-23-20-52)36(26-34)35-24-30(8-14-40(35)65-22-19-51)25-39(46(62)53-21-18-50)58-44(60)29(2)56-47(42)63/h8-15,24,26-27,29,31,38-39,42H,4-7,16-17,19-23,25,49,51-52H2,1-3H3,(H,53,62)(H,56,63)(H,57,61)(H,58,60)/t29-,38?,39-,42-/m0/s1. The Morgan fingerprint density at radius 2 is 1.55 bits per heavy atom. The Kier molecular flexibility index (Phi) is 16.8. The van der Waals surface area contributed by atoms with Gasteiger partial charge in [0.05, 0.1) is 17.3 Å². The van der Waals surface area contributed by atoms with Gasteiger partial charge in [-0.3, -0.25) is 24.0 Å². The molecule has 4 bridgehead atoms. The summed E-state index contributed by atoms with van der Waals surface area (Å²) in [6.45, 7) is 3.52. The molecule has 2 heterocycles. The second-order valence-electron chi connectivity index (χ2n) is 16.5. The smallest absolute Gasteiger partial charge is 0.255 e. The van der Waals surface area contributed by atoms with E-state index in [-0.39, 0.29) is 57.8 Å². The van der Waals surface area contributed by atoms with Crippen molar-refractivity contribution in [1.82, 2.24) is 36.1 Å². The average molecular weight is 902 g/mol. The number of carbonyl (C=O) groups is 5. The zero-order chi connectivity index (χ0) is 47.3. The molecule has 6 rings (SSSR count). The number of aryl methyl sites for hydroxylation is 1. The summed E-state index contributed by atoms with van der Waals surface area (Å²) in [6.07, 6.45) is 6.28. The molecule has 1 aromatic heterocycles. The first-order valence-electron chi connectivity index (χ1n) is 22.3. The molecule has 1 aliphatic carbocycles. The predicted molar refractivity (Wildman–Crippen MR) is 247 cm³/mol. The van der Waals surface area contributed by atoms with Gasteiger partial charge in [-0.15, -0.1) is 0 Å². The minimum absolute atomic E-state index is 0.00453. The third kappa shape index (κ3) is 11.7. The molecule has 2 aliphatic rings. The molecule has 1 unspecified atom stereocenters. The molecule has 18 nitrogen and oxygen atoms in total. The molecule has 10 N–H and O–H groups in total. The van der Waals surface area contributed by atoms with E-state index in [0.717, 1.165) is 5.56 Å². The van der Waals surface area contributed by atoms with Crippen molar-refractivity contribution in [2.45, 2.75) is 82.5 Å². The van der Waals surface area contributed by atoms with Crippen LogP contribution < -0.4 is 47.9 Å². The SMILES string of the molecule is Cc1nc(-c2ccc(C3CCCC3)cc2)ncc1C(=O)NC(CCN)C(=O)N(C)[C@@H]1C(=O)N[C@@H](C)C(=O)N[C@H](C(=O)NCC#N)Cc2ccc(OCCN)c(c2)-c2cc1ccc2OCCN. The van der Waals surface area contributed by atoms with E-state index < -0.39 is 53.7 Å². The van der Waals surface area contributed by atoms with E-state index in [4.69, 9.17) is 31.9 Å². The number of carbonyl (C=O) groups excluding carboxylic acids is 5. The summed E-state index contributed by atoms with van der Waals surface area (Å²) in [5.74, 6) is -1.54. The lowest BCUT2D eigenvalue weighted by molar-refractivity contribution is -0.141. The van der Waals surface area contributed by atoms with Crippen molar-refractivity contribution >= 4 is 29.5 Å². The molecule has 4 atom stereocenters. The number of amides is 5. The van der Waals surface area contributed by atoms with Crippen molar-refractivity contribution in [1.29, 1.82) is 5.26 Å². The highest BCUT2D eigenvalue weighted by Crippen LogP contribution is 2.40. The summed E-state index contributed by atoms with van der Waals surface area (Å²) < 4.78 is 12.2. The van der Waals surface area contributed by atoms with Crippen LogP contribution >= 0.6 is 0 Å². The molecule has 18 heteroatoms. The normalized spacial score (nSPS) is 17.9. The first-order valence-corrected chi connectivity index (χ1v) is 22.3. The molecule has 1 saturated carbocycles. The van der Waals surface area contributed by atoms with Gasteiger partial charge in [0.25, 0.3) is 5.91 Å². The lowest BCUT2D eigenvalue weighted by Crippen LogP contribution is -2.56. The quantitative estimate of drug-likeness (QED) is 0.0796. The molecule has 3 aromatic carbocycles. The maximum absolute atomic E-state index is 14.7. The lowest BCUT2D eigenvalue weighted by Gasteiger charge is -2.32. The number of likely N-dealkylation sites (N-methyl/N-ethyl adjacent to an activating group) is 1. The molecule has 4 aromatic rings. The van der Waals surface area contributed by atoms with Gasteiger partial charge >= 0.3 is 0 Å². The van der Waals surface area contributed by atoms with Crippen molar-refractivity contribution in [2.24, 2.45) is 17.2 Å². The van der Waals surface area contributed by atoms with E-state index in [2.05, 4.69) is 43.4 Å². The number of nitriles is 1. The number of fused-ring (bicyclic) bond motifs is 5. The largest absolute Gasteiger partial charge is 0.492 e. The van der Waals surface area contributed by atoms with E-state index in [9.17, 15) is 24.0 Å². The third-order valence-electron chi connectivity index (χ3n) is 11.8. The van der Waals surface area contributed by atoms with Crippen LogP contribution in [0.1, 0.15) is 83.7 Å². The number of rotatable bonds is 16. The lowest BCUT2D eigenvalue weighted by atomic mass is 9.93. The summed E-state index contributed by atoms with van der Waals surface area (Å²) in [5, 5.41) is 19.9. The molecule has 0 spiro atoms. The zero-order valence-electron chi connectivity index (χ0n) is 37.6. The van der Waals surface area contributed by atoms with Crippen LogP contribution in [-0.2, 0) is 25.6 Å². The van der Waals surface area contributed by atoms with Crippen LogP contribution in [0.25, 0.3) is 22.5 Å². The Morgan fingerprint density at radius 3 is 2.18 bits per heavy atom. The van der Waals surface area contributed by atoms with Gasteiger partial charge in [0.15, 0.2) is 5.82 Å². The molecular weight excluding hydrogens is 843 g/mol. The number of hydrogen-bond donors (Lipinski definition) is 7. The van der Waals surface area contributed by atoms with Crippen LogP contribution in [0.15, 0.2) is 66.9 Å². The summed E-state index contributed by atoms with van der Waals surface area (Å²) >= 11 is 0. The van der Waals surface area contributed by atoms with E-state index in [1.54, 1.807) is 43.3 Å².